The lowest BCUT2D eigenvalue weighted by molar-refractivity contribution is 0.0568. The van der Waals surface area contributed by atoms with Gasteiger partial charge < -0.3 is 14.9 Å². The molecule has 18 heavy (non-hydrogen) atoms. The summed E-state index contributed by atoms with van der Waals surface area (Å²) in [6.07, 6.45) is 2.41. The fourth-order valence-electron chi connectivity index (χ4n) is 2.43. The molecule has 0 bridgehead atoms. The van der Waals surface area contributed by atoms with Crippen LogP contribution < -0.4 is 5.73 Å². The van der Waals surface area contributed by atoms with Crippen molar-refractivity contribution in [2.24, 2.45) is 11.7 Å². The molecule has 0 aliphatic heterocycles. The lowest BCUT2D eigenvalue weighted by Crippen LogP contribution is -2.29. The first-order valence-corrected chi connectivity index (χ1v) is 6.55. The van der Waals surface area contributed by atoms with Gasteiger partial charge >= 0.3 is 0 Å². The quantitative estimate of drug-likeness (QED) is 0.920. The van der Waals surface area contributed by atoms with Crippen molar-refractivity contribution in [3.63, 3.8) is 0 Å². The first-order chi connectivity index (χ1) is 8.70. The van der Waals surface area contributed by atoms with Gasteiger partial charge in [-0.05, 0) is 30.9 Å². The van der Waals surface area contributed by atoms with Crippen LogP contribution in [0.3, 0.4) is 0 Å². The van der Waals surface area contributed by atoms with E-state index in [4.69, 9.17) is 26.5 Å². The first kappa shape index (κ1) is 12.0. The van der Waals surface area contributed by atoms with Gasteiger partial charge in [0.05, 0.1) is 17.2 Å². The third-order valence-corrected chi connectivity index (χ3v) is 3.85. The molecule has 1 aromatic carbocycles. The molecule has 2 aromatic rings. The molecule has 1 saturated carbocycles. The van der Waals surface area contributed by atoms with Crippen molar-refractivity contribution in [1.29, 1.82) is 0 Å². The number of para-hydroxylation sites is 1. The molecule has 96 valence electrons. The molecule has 1 aliphatic carbocycles. The van der Waals surface area contributed by atoms with Crippen LogP contribution in [-0.2, 0) is 4.74 Å². The monoisotopic (exact) mass is 265 g/mol. The molecule has 1 heterocycles. The summed E-state index contributed by atoms with van der Waals surface area (Å²) in [4.78, 5) is 0. The van der Waals surface area contributed by atoms with Crippen molar-refractivity contribution >= 4 is 22.6 Å². The van der Waals surface area contributed by atoms with E-state index in [2.05, 4.69) is 0 Å². The highest BCUT2D eigenvalue weighted by molar-refractivity contribution is 6.34. The van der Waals surface area contributed by atoms with Gasteiger partial charge in [0, 0.05) is 12.5 Å². The van der Waals surface area contributed by atoms with E-state index in [1.165, 1.54) is 12.8 Å². The van der Waals surface area contributed by atoms with E-state index in [-0.39, 0.29) is 12.1 Å². The van der Waals surface area contributed by atoms with E-state index in [1.807, 2.05) is 24.3 Å². The van der Waals surface area contributed by atoms with Crippen molar-refractivity contribution in [1.82, 2.24) is 0 Å². The molecule has 0 saturated heterocycles. The van der Waals surface area contributed by atoms with Gasteiger partial charge in [-0.15, -0.1) is 0 Å². The van der Waals surface area contributed by atoms with Gasteiger partial charge in [0.25, 0.3) is 0 Å². The molecule has 0 spiro atoms. The maximum absolute atomic E-state index is 6.24. The molecule has 3 nitrogen and oxygen atoms in total. The fourth-order valence-corrected chi connectivity index (χ4v) is 2.65. The lowest BCUT2D eigenvalue weighted by atomic mass is 10.0. The second-order valence-electron chi connectivity index (χ2n) is 4.87. The number of furan rings is 1. The molecule has 2 N–H and O–H groups in total. The minimum atomic E-state index is -0.231. The van der Waals surface area contributed by atoms with E-state index in [9.17, 15) is 0 Å². The van der Waals surface area contributed by atoms with Crippen LogP contribution in [-0.4, -0.2) is 13.2 Å². The van der Waals surface area contributed by atoms with Crippen molar-refractivity contribution in [2.75, 3.05) is 7.11 Å². The maximum Gasteiger partial charge on any atom is 0.152 e. The van der Waals surface area contributed by atoms with Gasteiger partial charge in [0.15, 0.2) is 5.58 Å². The first-order valence-electron chi connectivity index (χ1n) is 6.17. The summed E-state index contributed by atoms with van der Waals surface area (Å²) in [5.41, 5.74) is 6.95. The van der Waals surface area contributed by atoms with Gasteiger partial charge in [-0.2, -0.15) is 0 Å². The normalized spacial score (nSPS) is 19.1. The lowest BCUT2D eigenvalue weighted by Gasteiger charge is -2.20. The molecule has 1 aliphatic rings. The summed E-state index contributed by atoms with van der Waals surface area (Å²) in [6, 6.07) is 7.42. The highest BCUT2D eigenvalue weighted by Gasteiger charge is 2.37. The Morgan fingerprint density at radius 3 is 2.83 bits per heavy atom. The van der Waals surface area contributed by atoms with Crippen molar-refractivity contribution in [3.8, 4) is 0 Å². The molecular weight excluding hydrogens is 250 g/mol. The number of fused-ring (bicyclic) bond motifs is 1. The zero-order valence-corrected chi connectivity index (χ0v) is 11.0. The molecule has 3 rings (SSSR count). The predicted molar refractivity (Wildman–Crippen MR) is 71.7 cm³/mol. The number of ether oxygens (including phenoxy) is 1. The van der Waals surface area contributed by atoms with E-state index < -0.39 is 0 Å². The number of benzene rings is 1. The average molecular weight is 266 g/mol. The predicted octanol–water partition coefficient (Wildman–Crippen LogP) is 3.51. The molecule has 2 atom stereocenters. The molecule has 0 amide bonds. The van der Waals surface area contributed by atoms with Gasteiger partial charge in [-0.1, -0.05) is 23.7 Å². The Labute approximate surface area is 111 Å². The summed E-state index contributed by atoms with van der Waals surface area (Å²) in [6.45, 7) is 0. The molecule has 0 radical (unpaired) electrons. The summed E-state index contributed by atoms with van der Waals surface area (Å²) in [5.74, 6) is 1.31. The van der Waals surface area contributed by atoms with Crippen LogP contribution in [0, 0.1) is 5.92 Å². The van der Waals surface area contributed by atoms with Crippen LogP contribution in [0.25, 0.3) is 11.0 Å². The van der Waals surface area contributed by atoms with Crippen LogP contribution in [0.15, 0.2) is 28.7 Å². The minimum Gasteiger partial charge on any atom is -0.458 e. The van der Waals surface area contributed by atoms with E-state index >= 15 is 0 Å². The van der Waals surface area contributed by atoms with Gasteiger partial charge in [0.2, 0.25) is 0 Å². The summed E-state index contributed by atoms with van der Waals surface area (Å²) in [5, 5.41) is 1.60. The van der Waals surface area contributed by atoms with Crippen molar-refractivity contribution < 1.29 is 9.15 Å². The average Bonchev–Trinajstić information content (AvgIpc) is 3.08. The molecular formula is C14H16ClNO2. The van der Waals surface area contributed by atoms with Gasteiger partial charge in [-0.3, -0.25) is 0 Å². The largest absolute Gasteiger partial charge is 0.458 e. The minimum absolute atomic E-state index is 0.0318. The molecule has 1 aromatic heterocycles. The highest BCUT2D eigenvalue weighted by atomic mass is 35.5. The van der Waals surface area contributed by atoms with Gasteiger partial charge in [-0.25, -0.2) is 0 Å². The zero-order chi connectivity index (χ0) is 12.7. The van der Waals surface area contributed by atoms with E-state index in [0.29, 0.717) is 16.5 Å². The van der Waals surface area contributed by atoms with Crippen molar-refractivity contribution in [2.45, 2.75) is 25.0 Å². The number of rotatable bonds is 4. The zero-order valence-electron chi connectivity index (χ0n) is 10.2. The number of hydrogen-bond acceptors (Lipinski definition) is 3. The molecule has 1 fully saturated rings. The SMILES string of the molecule is COC(C1CC1)C(N)c1cc2cccc(Cl)c2o1. The Balaban J connectivity index is 1.95. The Kier molecular flexibility index (Phi) is 3.06. The number of halogens is 1. The van der Waals surface area contributed by atoms with Crippen LogP contribution in [0.5, 0.6) is 0 Å². The molecule has 4 heteroatoms. The Bertz CT molecular complexity index is 562. The molecule has 2 unspecified atom stereocenters. The highest BCUT2D eigenvalue weighted by Crippen LogP contribution is 2.40. The maximum atomic E-state index is 6.24. The summed E-state index contributed by atoms with van der Waals surface area (Å²) in [7, 11) is 1.71. The smallest absolute Gasteiger partial charge is 0.152 e. The summed E-state index contributed by atoms with van der Waals surface area (Å²) < 4.78 is 11.3. The van der Waals surface area contributed by atoms with Crippen LogP contribution in [0.1, 0.15) is 24.6 Å². The van der Waals surface area contributed by atoms with Crippen molar-refractivity contribution in [3.05, 3.63) is 35.0 Å². The van der Waals surface area contributed by atoms with E-state index in [0.717, 1.165) is 11.1 Å². The second kappa shape index (κ2) is 4.57. The van der Waals surface area contributed by atoms with Crippen LogP contribution in [0.4, 0.5) is 0 Å². The number of hydrogen-bond donors (Lipinski definition) is 1. The fraction of sp³-hybridized carbons (Fsp3) is 0.429. The standard InChI is InChI=1S/C14H16ClNO2/c1-17-14(8-5-6-8)12(16)11-7-9-3-2-4-10(15)13(9)18-11/h2-4,7-8,12,14H,5-6,16H2,1H3. The Morgan fingerprint density at radius 1 is 1.44 bits per heavy atom. The van der Waals surface area contributed by atoms with Crippen LogP contribution >= 0.6 is 11.6 Å². The third kappa shape index (κ3) is 2.03. The Hall–Kier alpha value is -1.03. The van der Waals surface area contributed by atoms with Gasteiger partial charge in [0.1, 0.15) is 5.76 Å². The second-order valence-corrected chi connectivity index (χ2v) is 5.28. The van der Waals surface area contributed by atoms with E-state index in [1.54, 1.807) is 7.11 Å². The number of methoxy groups -OCH3 is 1. The third-order valence-electron chi connectivity index (χ3n) is 3.56. The number of nitrogens with two attached hydrogens (primary N) is 1. The summed E-state index contributed by atoms with van der Waals surface area (Å²) >= 11 is 6.10. The van der Waals surface area contributed by atoms with Crippen LogP contribution in [0.2, 0.25) is 5.02 Å². The topological polar surface area (TPSA) is 48.4 Å². The Morgan fingerprint density at radius 2 is 2.22 bits per heavy atom.